The molecule has 0 spiro atoms. The van der Waals surface area contributed by atoms with Crippen molar-refractivity contribution in [2.24, 2.45) is 0 Å². The van der Waals surface area contributed by atoms with E-state index in [-0.39, 0.29) is 13.2 Å². The van der Waals surface area contributed by atoms with Gasteiger partial charge in [0.1, 0.15) is 12.2 Å². The number of ether oxygens (including phenoxy) is 3. The SMILES string of the molecule is C[C@]1(F)[C@H](OCc2ccccc2)[C@@H](COCc2ccccc2)O[C@H]1n1ccc(=O)[nH]c1=O. The molecule has 3 aromatic rings. The Kier molecular flexibility index (Phi) is 6.64. The lowest BCUT2D eigenvalue weighted by molar-refractivity contribution is -0.0836. The number of halogens is 1. The van der Waals surface area contributed by atoms with Gasteiger partial charge in [0, 0.05) is 12.3 Å². The fraction of sp³-hybridized carbons (Fsp3) is 0.333. The van der Waals surface area contributed by atoms with Gasteiger partial charge >= 0.3 is 5.69 Å². The number of hydrogen-bond acceptors (Lipinski definition) is 5. The lowest BCUT2D eigenvalue weighted by atomic mass is 9.98. The monoisotopic (exact) mass is 440 g/mol. The standard InChI is InChI=1S/C24H25FN2O5/c1-24(25)21(31-15-18-10-6-3-7-11-18)19(16-30-14-17-8-4-2-5-9-17)32-22(24)27-13-12-20(28)26-23(27)29/h2-13,19,21-22H,14-16H2,1H3,(H,26,28,29)/t19-,21-,22-,24+/m1/s1. The minimum absolute atomic E-state index is 0.0719. The van der Waals surface area contributed by atoms with Crippen molar-refractivity contribution in [3.63, 3.8) is 0 Å². The highest BCUT2D eigenvalue weighted by atomic mass is 19.1. The van der Waals surface area contributed by atoms with Gasteiger partial charge in [-0.15, -0.1) is 0 Å². The Balaban J connectivity index is 1.54. The Hall–Kier alpha value is -3.07. The van der Waals surface area contributed by atoms with E-state index in [2.05, 4.69) is 4.98 Å². The zero-order valence-corrected chi connectivity index (χ0v) is 17.6. The van der Waals surface area contributed by atoms with Crippen molar-refractivity contribution in [1.82, 2.24) is 9.55 Å². The number of hydrogen-bond donors (Lipinski definition) is 1. The number of alkyl halides is 1. The summed E-state index contributed by atoms with van der Waals surface area (Å²) in [4.78, 5) is 25.9. The van der Waals surface area contributed by atoms with Crippen LogP contribution in [0.2, 0.25) is 0 Å². The Morgan fingerprint density at radius 1 is 1.00 bits per heavy atom. The summed E-state index contributed by atoms with van der Waals surface area (Å²) < 4.78 is 34.8. The lowest BCUT2D eigenvalue weighted by Crippen LogP contribution is -2.45. The van der Waals surface area contributed by atoms with Crippen LogP contribution in [0.1, 0.15) is 24.3 Å². The highest BCUT2D eigenvalue weighted by Crippen LogP contribution is 2.42. The van der Waals surface area contributed by atoms with E-state index in [4.69, 9.17) is 14.2 Å². The molecule has 0 unspecified atom stereocenters. The maximum atomic E-state index is 16.1. The third-order valence-electron chi connectivity index (χ3n) is 5.45. The smallest absolute Gasteiger partial charge is 0.330 e. The second-order valence-corrected chi connectivity index (χ2v) is 7.91. The minimum Gasteiger partial charge on any atom is -0.374 e. The van der Waals surface area contributed by atoms with Crippen LogP contribution in [0.5, 0.6) is 0 Å². The first-order valence-corrected chi connectivity index (χ1v) is 10.4. The van der Waals surface area contributed by atoms with Crippen molar-refractivity contribution < 1.29 is 18.6 Å². The van der Waals surface area contributed by atoms with Gasteiger partial charge < -0.3 is 14.2 Å². The fourth-order valence-electron chi connectivity index (χ4n) is 3.85. The molecule has 1 aliphatic heterocycles. The quantitative estimate of drug-likeness (QED) is 0.582. The van der Waals surface area contributed by atoms with Crippen LogP contribution >= 0.6 is 0 Å². The van der Waals surface area contributed by atoms with Crippen LogP contribution in [0.4, 0.5) is 4.39 Å². The molecular weight excluding hydrogens is 415 g/mol. The molecule has 1 aliphatic rings. The van der Waals surface area contributed by atoms with E-state index in [0.29, 0.717) is 6.61 Å². The van der Waals surface area contributed by atoms with E-state index < -0.39 is 35.4 Å². The highest BCUT2D eigenvalue weighted by molar-refractivity contribution is 5.14. The molecule has 2 aromatic carbocycles. The van der Waals surface area contributed by atoms with E-state index in [9.17, 15) is 9.59 Å². The van der Waals surface area contributed by atoms with Crippen LogP contribution in [0.25, 0.3) is 0 Å². The second-order valence-electron chi connectivity index (χ2n) is 7.91. The Bertz CT molecular complexity index is 1130. The molecule has 0 amide bonds. The molecule has 1 fully saturated rings. The molecular formula is C24H25FN2O5. The van der Waals surface area contributed by atoms with E-state index in [1.165, 1.54) is 13.1 Å². The molecule has 4 rings (SSSR count). The summed E-state index contributed by atoms with van der Waals surface area (Å²) in [5.74, 6) is 0. The van der Waals surface area contributed by atoms with Crippen LogP contribution in [-0.4, -0.2) is 34.0 Å². The number of benzene rings is 2. The van der Waals surface area contributed by atoms with E-state index >= 15 is 4.39 Å². The van der Waals surface area contributed by atoms with Crippen molar-refractivity contribution in [2.45, 2.75) is 44.2 Å². The summed E-state index contributed by atoms with van der Waals surface area (Å²) in [6.07, 6.45) is -1.81. The molecule has 1 aromatic heterocycles. The minimum atomic E-state index is -2.06. The average Bonchev–Trinajstić information content (AvgIpc) is 3.03. The molecule has 2 heterocycles. The summed E-state index contributed by atoms with van der Waals surface area (Å²) >= 11 is 0. The third-order valence-corrected chi connectivity index (χ3v) is 5.45. The van der Waals surface area contributed by atoms with Crippen molar-refractivity contribution in [2.75, 3.05) is 6.61 Å². The predicted octanol–water partition coefficient (Wildman–Crippen LogP) is 2.96. The van der Waals surface area contributed by atoms with Gasteiger partial charge in [0.25, 0.3) is 5.56 Å². The first-order valence-electron chi connectivity index (χ1n) is 10.4. The summed E-state index contributed by atoms with van der Waals surface area (Å²) in [6, 6.07) is 20.2. The normalized spacial score (nSPS) is 25.1. The van der Waals surface area contributed by atoms with Crippen molar-refractivity contribution >= 4 is 0 Å². The number of nitrogens with zero attached hydrogens (tertiary/aromatic N) is 1. The zero-order chi connectivity index (χ0) is 22.6. The van der Waals surface area contributed by atoms with Crippen molar-refractivity contribution in [3.8, 4) is 0 Å². The molecule has 32 heavy (non-hydrogen) atoms. The first kappa shape index (κ1) is 22.1. The zero-order valence-electron chi connectivity index (χ0n) is 17.6. The Labute approximate surface area is 184 Å². The van der Waals surface area contributed by atoms with Gasteiger partial charge in [-0.1, -0.05) is 60.7 Å². The van der Waals surface area contributed by atoms with Crippen molar-refractivity contribution in [3.05, 3.63) is 105 Å². The predicted molar refractivity (Wildman–Crippen MR) is 116 cm³/mol. The number of aromatic amines is 1. The fourth-order valence-corrected chi connectivity index (χ4v) is 3.85. The summed E-state index contributed by atoms with van der Waals surface area (Å²) in [6.45, 7) is 1.92. The number of H-pyrrole nitrogens is 1. The van der Waals surface area contributed by atoms with E-state index in [1.807, 2.05) is 60.7 Å². The van der Waals surface area contributed by atoms with Gasteiger partial charge in [-0.05, 0) is 18.1 Å². The Morgan fingerprint density at radius 3 is 2.25 bits per heavy atom. The molecule has 0 aliphatic carbocycles. The van der Waals surface area contributed by atoms with E-state index in [0.717, 1.165) is 21.8 Å². The Morgan fingerprint density at radius 2 is 1.62 bits per heavy atom. The van der Waals surface area contributed by atoms with Gasteiger partial charge in [-0.25, -0.2) is 9.18 Å². The van der Waals surface area contributed by atoms with Gasteiger partial charge in [-0.3, -0.25) is 14.3 Å². The number of rotatable bonds is 8. The van der Waals surface area contributed by atoms with Crippen LogP contribution < -0.4 is 11.2 Å². The molecule has 1 saturated heterocycles. The summed E-state index contributed by atoms with van der Waals surface area (Å²) in [7, 11) is 0. The molecule has 8 heteroatoms. The molecule has 1 N–H and O–H groups in total. The van der Waals surface area contributed by atoms with Gasteiger partial charge in [0.05, 0.1) is 19.8 Å². The first-order chi connectivity index (χ1) is 15.4. The third kappa shape index (κ3) is 4.88. The maximum absolute atomic E-state index is 16.1. The maximum Gasteiger partial charge on any atom is 0.330 e. The molecule has 168 valence electrons. The summed E-state index contributed by atoms with van der Waals surface area (Å²) in [5.41, 5.74) is -1.51. The van der Waals surface area contributed by atoms with Gasteiger partial charge in [0.2, 0.25) is 0 Å². The topological polar surface area (TPSA) is 82.6 Å². The van der Waals surface area contributed by atoms with E-state index in [1.54, 1.807) is 0 Å². The van der Waals surface area contributed by atoms with Crippen LogP contribution in [0.15, 0.2) is 82.5 Å². The second kappa shape index (κ2) is 9.60. The van der Waals surface area contributed by atoms with Crippen molar-refractivity contribution in [1.29, 1.82) is 0 Å². The lowest BCUT2D eigenvalue weighted by Gasteiger charge is -2.28. The van der Waals surface area contributed by atoms with Crippen LogP contribution in [-0.2, 0) is 27.4 Å². The van der Waals surface area contributed by atoms with Gasteiger partial charge in [-0.2, -0.15) is 0 Å². The molecule has 0 saturated carbocycles. The molecule has 4 atom stereocenters. The van der Waals surface area contributed by atoms with Crippen LogP contribution in [0, 0.1) is 0 Å². The van der Waals surface area contributed by atoms with Gasteiger partial charge in [0.15, 0.2) is 11.9 Å². The number of aromatic nitrogens is 2. The van der Waals surface area contributed by atoms with Crippen LogP contribution in [0.3, 0.4) is 0 Å². The molecule has 7 nitrogen and oxygen atoms in total. The number of nitrogens with one attached hydrogen (secondary N) is 1. The molecule has 0 radical (unpaired) electrons. The summed E-state index contributed by atoms with van der Waals surface area (Å²) in [5, 5.41) is 0. The average molecular weight is 440 g/mol. The highest BCUT2D eigenvalue weighted by Gasteiger charge is 2.56. The largest absolute Gasteiger partial charge is 0.374 e. The molecule has 0 bridgehead atoms.